The monoisotopic (exact) mass is 214 g/mol. The van der Waals surface area contributed by atoms with Crippen molar-refractivity contribution >= 4 is 27.3 Å². The van der Waals surface area contributed by atoms with Crippen LogP contribution in [0.15, 0.2) is 11.4 Å². The number of halogens is 1. The van der Waals surface area contributed by atoms with Crippen LogP contribution in [0.5, 0.6) is 0 Å². The molecule has 0 atom stereocenters. The molecule has 0 amide bonds. The van der Waals surface area contributed by atoms with Gasteiger partial charge in [-0.05, 0) is 18.4 Å². The normalized spacial score (nSPS) is 8.60. The highest BCUT2D eigenvalue weighted by molar-refractivity contribution is 9.09. The lowest BCUT2D eigenvalue weighted by molar-refractivity contribution is 1.59. The maximum atomic E-state index is 3.25. The number of hydrogen-bond donors (Lipinski definition) is 0. The summed E-state index contributed by atoms with van der Waals surface area (Å²) in [7, 11) is 0. The van der Waals surface area contributed by atoms with Gasteiger partial charge in [0, 0.05) is 10.4 Å². The summed E-state index contributed by atoms with van der Waals surface area (Å²) in [6.45, 7) is 2.09. The molecule has 10 heavy (non-hydrogen) atoms. The van der Waals surface area contributed by atoms with E-state index in [0.717, 1.165) is 10.9 Å². The molecule has 1 aromatic rings. The largest absolute Gasteiger partial charge is 0.148 e. The molecule has 0 bridgehead atoms. The van der Waals surface area contributed by atoms with Crippen LogP contribution in [0.3, 0.4) is 0 Å². The van der Waals surface area contributed by atoms with Gasteiger partial charge in [-0.25, -0.2) is 0 Å². The van der Waals surface area contributed by atoms with Gasteiger partial charge in [0.2, 0.25) is 0 Å². The molecule has 1 aromatic heterocycles. The van der Waals surface area contributed by atoms with Crippen molar-refractivity contribution in [3.8, 4) is 11.8 Å². The lowest BCUT2D eigenvalue weighted by Gasteiger charge is -1.81. The van der Waals surface area contributed by atoms with Gasteiger partial charge in [0.15, 0.2) is 0 Å². The Balaban J connectivity index is 2.84. The van der Waals surface area contributed by atoms with Crippen molar-refractivity contribution in [2.24, 2.45) is 0 Å². The van der Waals surface area contributed by atoms with Gasteiger partial charge in [-0.1, -0.05) is 27.8 Å². The van der Waals surface area contributed by atoms with Gasteiger partial charge in [0.25, 0.3) is 0 Å². The second-order valence-electron chi connectivity index (χ2n) is 1.83. The molecule has 0 unspecified atom stereocenters. The topological polar surface area (TPSA) is 0 Å². The van der Waals surface area contributed by atoms with Gasteiger partial charge in [0.05, 0.1) is 5.33 Å². The van der Waals surface area contributed by atoms with Crippen molar-refractivity contribution < 1.29 is 0 Å². The zero-order chi connectivity index (χ0) is 7.40. The maximum Gasteiger partial charge on any atom is 0.0649 e. The zero-order valence-electron chi connectivity index (χ0n) is 5.65. The first kappa shape index (κ1) is 7.84. The Hall–Kier alpha value is -0.260. The Kier molecular flexibility index (Phi) is 2.98. The molecular formula is C8H7BrS. The molecule has 0 spiro atoms. The van der Waals surface area contributed by atoms with Crippen LogP contribution in [0.2, 0.25) is 0 Å². The van der Waals surface area contributed by atoms with E-state index in [9.17, 15) is 0 Å². The molecule has 0 saturated heterocycles. The van der Waals surface area contributed by atoms with Crippen LogP contribution in [-0.4, -0.2) is 5.33 Å². The molecule has 0 fully saturated rings. The molecule has 2 heteroatoms. The summed E-state index contributed by atoms with van der Waals surface area (Å²) in [5.74, 6) is 6.02. The summed E-state index contributed by atoms with van der Waals surface area (Å²) in [6, 6.07) is 2.05. The number of rotatable bonds is 0. The SMILES string of the molecule is Cc1sccc1C#CCBr. The average Bonchev–Trinajstić information content (AvgIpc) is 2.31. The Morgan fingerprint density at radius 1 is 1.70 bits per heavy atom. The van der Waals surface area contributed by atoms with E-state index in [0.29, 0.717) is 0 Å². The molecule has 1 heterocycles. The van der Waals surface area contributed by atoms with E-state index in [2.05, 4.69) is 46.1 Å². The Bertz CT molecular complexity index is 264. The van der Waals surface area contributed by atoms with E-state index in [1.54, 1.807) is 11.3 Å². The molecule has 0 aromatic carbocycles. The first-order valence-corrected chi connectivity index (χ1v) is 4.93. The van der Waals surface area contributed by atoms with Gasteiger partial charge in [0.1, 0.15) is 0 Å². The first-order chi connectivity index (χ1) is 4.84. The number of hydrogen-bond acceptors (Lipinski definition) is 1. The number of alkyl halides is 1. The lowest BCUT2D eigenvalue weighted by Crippen LogP contribution is -1.70. The smallest absolute Gasteiger partial charge is 0.0649 e. The van der Waals surface area contributed by atoms with E-state index in [-0.39, 0.29) is 0 Å². The van der Waals surface area contributed by atoms with Crippen molar-refractivity contribution in [1.29, 1.82) is 0 Å². The number of aryl methyl sites for hydroxylation is 1. The fourth-order valence-corrected chi connectivity index (χ4v) is 1.44. The first-order valence-electron chi connectivity index (χ1n) is 2.93. The van der Waals surface area contributed by atoms with Crippen molar-refractivity contribution in [2.45, 2.75) is 6.92 Å². The van der Waals surface area contributed by atoms with Crippen molar-refractivity contribution in [3.63, 3.8) is 0 Å². The summed E-state index contributed by atoms with van der Waals surface area (Å²) in [4.78, 5) is 1.30. The van der Waals surface area contributed by atoms with E-state index in [1.807, 2.05) is 0 Å². The minimum absolute atomic E-state index is 0.752. The van der Waals surface area contributed by atoms with Gasteiger partial charge in [-0.3, -0.25) is 0 Å². The maximum absolute atomic E-state index is 3.25. The average molecular weight is 215 g/mol. The Morgan fingerprint density at radius 2 is 2.50 bits per heavy atom. The van der Waals surface area contributed by atoms with Crippen molar-refractivity contribution in [2.75, 3.05) is 5.33 Å². The standard InChI is InChI=1S/C8H7BrS/c1-7-8(3-2-5-9)4-6-10-7/h4,6H,5H2,1H3. The molecule has 52 valence electrons. The van der Waals surface area contributed by atoms with Crippen LogP contribution in [0.25, 0.3) is 0 Å². The molecular weight excluding hydrogens is 208 g/mol. The van der Waals surface area contributed by atoms with Gasteiger partial charge < -0.3 is 0 Å². The van der Waals surface area contributed by atoms with Crippen molar-refractivity contribution in [1.82, 2.24) is 0 Å². The highest BCUT2D eigenvalue weighted by atomic mass is 79.9. The molecule has 0 saturated carbocycles. The molecule has 0 N–H and O–H groups in total. The molecule has 0 radical (unpaired) electrons. The Labute approximate surface area is 73.4 Å². The fraction of sp³-hybridized carbons (Fsp3) is 0.250. The minimum Gasteiger partial charge on any atom is -0.148 e. The van der Waals surface area contributed by atoms with E-state index >= 15 is 0 Å². The summed E-state index contributed by atoms with van der Waals surface area (Å²) >= 11 is 4.99. The van der Waals surface area contributed by atoms with Gasteiger partial charge in [-0.15, -0.1) is 11.3 Å². The third-order valence-corrected chi connectivity index (χ3v) is 2.27. The lowest BCUT2D eigenvalue weighted by atomic mass is 10.3. The van der Waals surface area contributed by atoms with Gasteiger partial charge >= 0.3 is 0 Å². The predicted molar refractivity (Wildman–Crippen MR) is 49.7 cm³/mol. The number of thiophene rings is 1. The van der Waals surface area contributed by atoms with Crippen LogP contribution in [0.1, 0.15) is 10.4 Å². The minimum atomic E-state index is 0.752. The molecule has 0 aliphatic heterocycles. The highest BCUT2D eigenvalue weighted by Gasteiger charge is 1.91. The third kappa shape index (κ3) is 1.86. The predicted octanol–water partition coefficient (Wildman–Crippen LogP) is 2.80. The summed E-state index contributed by atoms with van der Waals surface area (Å²) in [5.41, 5.74) is 1.16. The third-order valence-electron chi connectivity index (χ3n) is 1.15. The quantitative estimate of drug-likeness (QED) is 0.461. The van der Waals surface area contributed by atoms with Crippen LogP contribution in [0.4, 0.5) is 0 Å². The summed E-state index contributed by atoms with van der Waals surface area (Å²) < 4.78 is 0. The second kappa shape index (κ2) is 3.80. The van der Waals surface area contributed by atoms with E-state index in [1.165, 1.54) is 4.88 Å². The molecule has 0 aliphatic rings. The van der Waals surface area contributed by atoms with Crippen LogP contribution < -0.4 is 0 Å². The Morgan fingerprint density at radius 3 is 3.00 bits per heavy atom. The summed E-state index contributed by atoms with van der Waals surface area (Å²) in [5, 5.41) is 2.82. The second-order valence-corrected chi connectivity index (χ2v) is 3.51. The fourth-order valence-electron chi connectivity index (χ4n) is 0.643. The van der Waals surface area contributed by atoms with Crippen LogP contribution in [-0.2, 0) is 0 Å². The van der Waals surface area contributed by atoms with Crippen LogP contribution >= 0.6 is 27.3 Å². The van der Waals surface area contributed by atoms with E-state index in [4.69, 9.17) is 0 Å². The molecule has 0 aliphatic carbocycles. The zero-order valence-corrected chi connectivity index (χ0v) is 8.05. The summed E-state index contributed by atoms with van der Waals surface area (Å²) in [6.07, 6.45) is 0. The van der Waals surface area contributed by atoms with Crippen LogP contribution in [0, 0.1) is 18.8 Å². The molecule has 1 rings (SSSR count). The van der Waals surface area contributed by atoms with E-state index < -0.39 is 0 Å². The van der Waals surface area contributed by atoms with Crippen molar-refractivity contribution in [3.05, 3.63) is 21.9 Å². The molecule has 0 nitrogen and oxygen atoms in total. The van der Waals surface area contributed by atoms with Gasteiger partial charge in [-0.2, -0.15) is 0 Å². The highest BCUT2D eigenvalue weighted by Crippen LogP contribution is 2.12.